The molecule has 1 unspecified atom stereocenters. The van der Waals surface area contributed by atoms with Gasteiger partial charge in [0.1, 0.15) is 5.69 Å². The van der Waals surface area contributed by atoms with Crippen molar-refractivity contribution in [2.75, 3.05) is 37.9 Å². The lowest BCUT2D eigenvalue weighted by atomic mass is 10.1. The Balaban J connectivity index is 1.51. The van der Waals surface area contributed by atoms with E-state index in [0.717, 1.165) is 5.56 Å². The van der Waals surface area contributed by atoms with E-state index in [0.29, 0.717) is 28.5 Å². The number of aromatic nitrogens is 3. The van der Waals surface area contributed by atoms with E-state index in [9.17, 15) is 14.7 Å². The van der Waals surface area contributed by atoms with E-state index in [4.69, 9.17) is 0 Å². The highest BCUT2D eigenvalue weighted by Crippen LogP contribution is 2.25. The van der Waals surface area contributed by atoms with E-state index < -0.39 is 6.10 Å². The number of amides is 2. The minimum absolute atomic E-state index is 0.0279. The molecule has 0 aliphatic carbocycles. The SMILES string of the molecule is CN(CC(O)c1cccc(NC(=O)c2ccccn2)c1)C(=O)c1cnc(N(C)C)nc1-c1ccccc1. The molecule has 0 aliphatic heterocycles. The third-order valence-corrected chi connectivity index (χ3v) is 5.67. The second-order valence-electron chi connectivity index (χ2n) is 8.69. The third kappa shape index (κ3) is 6.14. The number of pyridine rings is 1. The van der Waals surface area contributed by atoms with E-state index >= 15 is 0 Å². The van der Waals surface area contributed by atoms with Crippen molar-refractivity contribution in [3.8, 4) is 11.3 Å². The fourth-order valence-corrected chi connectivity index (χ4v) is 3.73. The van der Waals surface area contributed by atoms with Crippen LogP contribution in [0.15, 0.2) is 85.2 Å². The van der Waals surface area contributed by atoms with Crippen LogP contribution >= 0.6 is 0 Å². The molecule has 9 nitrogen and oxygen atoms in total. The Bertz CT molecular complexity index is 1380. The number of benzene rings is 2. The van der Waals surface area contributed by atoms with E-state index in [1.165, 1.54) is 11.1 Å². The molecule has 0 saturated heterocycles. The molecule has 2 amide bonds. The van der Waals surface area contributed by atoms with Gasteiger partial charge in [0.05, 0.1) is 23.9 Å². The first kappa shape index (κ1) is 25.5. The summed E-state index contributed by atoms with van der Waals surface area (Å²) in [7, 11) is 5.29. The maximum absolute atomic E-state index is 13.4. The van der Waals surface area contributed by atoms with Crippen LogP contribution in [0.5, 0.6) is 0 Å². The van der Waals surface area contributed by atoms with Crippen LogP contribution in [-0.2, 0) is 0 Å². The van der Waals surface area contributed by atoms with Crippen molar-refractivity contribution >= 4 is 23.5 Å². The number of nitrogens with one attached hydrogen (secondary N) is 1. The Labute approximate surface area is 215 Å². The van der Waals surface area contributed by atoms with Gasteiger partial charge in [0.2, 0.25) is 5.95 Å². The van der Waals surface area contributed by atoms with Crippen LogP contribution in [0.2, 0.25) is 0 Å². The number of hydrogen-bond donors (Lipinski definition) is 2. The number of aliphatic hydroxyl groups excluding tert-OH is 1. The Morgan fingerprint density at radius 1 is 0.946 bits per heavy atom. The minimum Gasteiger partial charge on any atom is -0.387 e. The normalized spacial score (nSPS) is 11.5. The van der Waals surface area contributed by atoms with Crippen molar-refractivity contribution in [3.63, 3.8) is 0 Å². The molecule has 2 heterocycles. The van der Waals surface area contributed by atoms with Gasteiger partial charge in [-0.3, -0.25) is 14.6 Å². The predicted molar refractivity (Wildman–Crippen MR) is 142 cm³/mol. The molecule has 0 bridgehead atoms. The summed E-state index contributed by atoms with van der Waals surface area (Å²) in [5.41, 5.74) is 3.01. The van der Waals surface area contributed by atoms with Gasteiger partial charge in [0.25, 0.3) is 11.8 Å². The maximum atomic E-state index is 13.4. The van der Waals surface area contributed by atoms with Crippen LogP contribution in [0.25, 0.3) is 11.3 Å². The number of likely N-dealkylation sites (N-methyl/N-ethyl adjacent to an activating group) is 1. The average molecular weight is 497 g/mol. The number of rotatable bonds is 8. The van der Waals surface area contributed by atoms with Crippen LogP contribution in [0, 0.1) is 0 Å². The summed E-state index contributed by atoms with van der Waals surface area (Å²) in [5.74, 6) is -0.181. The van der Waals surface area contributed by atoms with Crippen molar-refractivity contribution in [2.45, 2.75) is 6.10 Å². The Morgan fingerprint density at radius 3 is 2.41 bits per heavy atom. The van der Waals surface area contributed by atoms with Gasteiger partial charge in [-0.25, -0.2) is 9.97 Å². The Morgan fingerprint density at radius 2 is 1.70 bits per heavy atom. The molecule has 4 rings (SSSR count). The minimum atomic E-state index is -0.984. The topological polar surface area (TPSA) is 112 Å². The second kappa shape index (κ2) is 11.4. The summed E-state index contributed by atoms with van der Waals surface area (Å²) < 4.78 is 0. The molecular weight excluding hydrogens is 468 g/mol. The second-order valence-corrected chi connectivity index (χ2v) is 8.69. The molecule has 2 aromatic carbocycles. The van der Waals surface area contributed by atoms with E-state index in [2.05, 4.69) is 20.3 Å². The van der Waals surface area contributed by atoms with E-state index in [1.54, 1.807) is 60.6 Å². The van der Waals surface area contributed by atoms with Gasteiger partial charge in [-0.05, 0) is 29.8 Å². The van der Waals surface area contributed by atoms with Gasteiger partial charge >= 0.3 is 0 Å². The summed E-state index contributed by atoms with van der Waals surface area (Å²) in [5, 5.41) is 13.7. The number of carbonyl (C=O) groups excluding carboxylic acids is 2. The lowest BCUT2D eigenvalue weighted by molar-refractivity contribution is 0.0681. The van der Waals surface area contributed by atoms with Gasteiger partial charge in [0.15, 0.2) is 0 Å². The molecule has 0 spiro atoms. The Hall–Kier alpha value is -4.63. The van der Waals surface area contributed by atoms with Gasteiger partial charge < -0.3 is 20.2 Å². The van der Waals surface area contributed by atoms with Gasteiger partial charge in [-0.2, -0.15) is 0 Å². The first-order valence-electron chi connectivity index (χ1n) is 11.7. The van der Waals surface area contributed by atoms with Crippen LogP contribution < -0.4 is 10.2 Å². The quantitative estimate of drug-likeness (QED) is 0.383. The van der Waals surface area contributed by atoms with Gasteiger partial charge in [-0.1, -0.05) is 48.5 Å². The molecule has 37 heavy (non-hydrogen) atoms. The van der Waals surface area contributed by atoms with Crippen molar-refractivity contribution in [1.29, 1.82) is 0 Å². The largest absolute Gasteiger partial charge is 0.387 e. The fraction of sp³-hybridized carbons (Fsp3) is 0.179. The molecule has 1 atom stereocenters. The number of hydrogen-bond acceptors (Lipinski definition) is 7. The first-order chi connectivity index (χ1) is 17.8. The highest BCUT2D eigenvalue weighted by Gasteiger charge is 2.22. The van der Waals surface area contributed by atoms with Gasteiger partial charge in [0, 0.05) is 44.8 Å². The molecule has 9 heteroatoms. The molecule has 0 fully saturated rings. The maximum Gasteiger partial charge on any atom is 0.274 e. The number of aliphatic hydroxyl groups is 1. The van der Waals surface area contributed by atoms with Crippen molar-refractivity contribution < 1.29 is 14.7 Å². The zero-order valence-electron chi connectivity index (χ0n) is 20.9. The summed E-state index contributed by atoms with van der Waals surface area (Å²) in [4.78, 5) is 42.0. The van der Waals surface area contributed by atoms with Crippen molar-refractivity contribution in [3.05, 3.63) is 102 Å². The van der Waals surface area contributed by atoms with Crippen LogP contribution in [0.4, 0.5) is 11.6 Å². The van der Waals surface area contributed by atoms with E-state index in [1.807, 2.05) is 44.4 Å². The summed E-state index contributed by atoms with van der Waals surface area (Å²) in [6.45, 7) is 0.0279. The summed E-state index contributed by atoms with van der Waals surface area (Å²) >= 11 is 0. The molecule has 2 N–H and O–H groups in total. The van der Waals surface area contributed by atoms with Crippen LogP contribution in [0.1, 0.15) is 32.5 Å². The van der Waals surface area contributed by atoms with Gasteiger partial charge in [-0.15, -0.1) is 0 Å². The standard InChI is InChI=1S/C28H28N6O3/c1-33(2)28-30-17-22(25(32-28)19-10-5-4-6-11-19)27(37)34(3)18-24(35)20-12-9-13-21(16-20)31-26(36)23-14-7-8-15-29-23/h4-17,24,35H,18H2,1-3H3,(H,31,36). The number of anilines is 2. The molecule has 2 aromatic heterocycles. The molecule has 0 aliphatic rings. The lowest BCUT2D eigenvalue weighted by Gasteiger charge is -2.23. The van der Waals surface area contributed by atoms with Crippen LogP contribution in [0.3, 0.4) is 0 Å². The molecule has 188 valence electrons. The number of carbonyl (C=O) groups is 2. The number of nitrogens with zero attached hydrogens (tertiary/aromatic N) is 5. The molecule has 4 aromatic rings. The lowest BCUT2D eigenvalue weighted by Crippen LogP contribution is -2.32. The Kier molecular flexibility index (Phi) is 7.85. The van der Waals surface area contributed by atoms with Crippen LogP contribution in [-0.4, -0.2) is 64.5 Å². The zero-order valence-corrected chi connectivity index (χ0v) is 20.9. The highest BCUT2D eigenvalue weighted by molar-refractivity contribution is 6.03. The monoisotopic (exact) mass is 496 g/mol. The van der Waals surface area contributed by atoms with E-state index in [-0.39, 0.29) is 24.1 Å². The summed E-state index contributed by atoms with van der Waals surface area (Å²) in [6, 6.07) is 21.4. The summed E-state index contributed by atoms with van der Waals surface area (Å²) in [6.07, 6.45) is 2.08. The predicted octanol–water partition coefficient (Wildman–Crippen LogP) is 3.66. The fourth-order valence-electron chi connectivity index (χ4n) is 3.73. The third-order valence-electron chi connectivity index (χ3n) is 5.67. The molecule has 0 saturated carbocycles. The highest BCUT2D eigenvalue weighted by atomic mass is 16.3. The molecule has 0 radical (unpaired) electrons. The smallest absolute Gasteiger partial charge is 0.274 e. The average Bonchev–Trinajstić information content (AvgIpc) is 2.93. The first-order valence-corrected chi connectivity index (χ1v) is 11.7. The zero-order chi connectivity index (χ0) is 26.4. The molecular formula is C28H28N6O3. The van der Waals surface area contributed by atoms with Crippen molar-refractivity contribution in [1.82, 2.24) is 19.9 Å². The van der Waals surface area contributed by atoms with Crippen molar-refractivity contribution in [2.24, 2.45) is 0 Å².